The molecule has 0 unspecified atom stereocenters. The number of piperidine rings is 1. The molecule has 3 rings (SSSR count). The van der Waals surface area contributed by atoms with Crippen LogP contribution in [-0.2, 0) is 25.4 Å². The van der Waals surface area contributed by atoms with Crippen LogP contribution in [0.25, 0.3) is 0 Å². The van der Waals surface area contributed by atoms with Gasteiger partial charge in [-0.1, -0.05) is 28.1 Å². The molecule has 2 aromatic rings. The topological polar surface area (TPSA) is 95.6 Å². The highest BCUT2D eigenvalue weighted by Crippen LogP contribution is 2.24. The lowest BCUT2D eigenvalue weighted by Crippen LogP contribution is -2.41. The van der Waals surface area contributed by atoms with E-state index in [1.54, 1.807) is 36.4 Å². The van der Waals surface area contributed by atoms with Gasteiger partial charge in [0.2, 0.25) is 21.8 Å². The summed E-state index contributed by atoms with van der Waals surface area (Å²) in [5.41, 5.74) is 2.03. The van der Waals surface area contributed by atoms with Crippen LogP contribution in [0.3, 0.4) is 0 Å². The fourth-order valence-corrected chi connectivity index (χ4v) is 5.19. The number of carbonyl (C=O) groups excluding carboxylic acids is 2. The highest BCUT2D eigenvalue weighted by Gasteiger charge is 2.31. The van der Waals surface area contributed by atoms with E-state index in [2.05, 4.69) is 26.6 Å². The Kier molecular flexibility index (Phi) is 7.27. The molecular formula is C21H24BrN3O4S. The molecule has 160 valence electrons. The van der Waals surface area contributed by atoms with Crippen molar-refractivity contribution in [3.8, 4) is 0 Å². The molecule has 2 aromatic carbocycles. The van der Waals surface area contributed by atoms with Gasteiger partial charge in [-0.3, -0.25) is 9.59 Å². The molecule has 0 spiro atoms. The number of rotatable bonds is 6. The quantitative estimate of drug-likeness (QED) is 0.642. The fourth-order valence-electron chi connectivity index (χ4n) is 3.36. The number of carbonyl (C=O) groups is 2. The summed E-state index contributed by atoms with van der Waals surface area (Å²) in [5.74, 6) is -0.558. The first kappa shape index (κ1) is 22.5. The Morgan fingerprint density at radius 3 is 2.03 bits per heavy atom. The summed E-state index contributed by atoms with van der Waals surface area (Å²) in [6.45, 7) is 2.10. The predicted molar refractivity (Wildman–Crippen MR) is 120 cm³/mol. The summed E-state index contributed by atoms with van der Waals surface area (Å²) in [7, 11) is -3.42. The lowest BCUT2D eigenvalue weighted by atomic mass is 9.97. The Morgan fingerprint density at radius 1 is 0.967 bits per heavy atom. The Morgan fingerprint density at radius 2 is 1.50 bits per heavy atom. The standard InChI is InChI=1S/C21H24BrN3O4S/c1-15(26)23-19-6-8-20(9-7-19)24-21(27)17-10-12-25(13-11-17)30(28,29)14-16-2-4-18(22)5-3-16/h2-9,17H,10-14H2,1H3,(H,23,26)(H,24,27). The Hall–Kier alpha value is -2.23. The van der Waals surface area contributed by atoms with E-state index in [-0.39, 0.29) is 23.5 Å². The normalized spacial score (nSPS) is 15.5. The molecule has 0 radical (unpaired) electrons. The summed E-state index contributed by atoms with van der Waals surface area (Å²) in [4.78, 5) is 23.6. The van der Waals surface area contributed by atoms with Crippen LogP contribution in [0.4, 0.5) is 11.4 Å². The van der Waals surface area contributed by atoms with Crippen molar-refractivity contribution in [1.29, 1.82) is 0 Å². The van der Waals surface area contributed by atoms with Gasteiger partial charge in [-0.2, -0.15) is 0 Å². The van der Waals surface area contributed by atoms with E-state index >= 15 is 0 Å². The maximum Gasteiger partial charge on any atom is 0.227 e. The van der Waals surface area contributed by atoms with Gasteiger partial charge in [0.15, 0.2) is 0 Å². The molecule has 0 saturated carbocycles. The highest BCUT2D eigenvalue weighted by molar-refractivity contribution is 9.10. The Balaban J connectivity index is 1.52. The number of benzene rings is 2. The Bertz CT molecular complexity index is 1000. The molecule has 1 heterocycles. The van der Waals surface area contributed by atoms with Gasteiger partial charge >= 0.3 is 0 Å². The molecule has 2 N–H and O–H groups in total. The average Bonchev–Trinajstić information content (AvgIpc) is 2.71. The van der Waals surface area contributed by atoms with E-state index in [4.69, 9.17) is 0 Å². The third-order valence-corrected chi connectivity index (χ3v) is 7.33. The molecule has 1 aliphatic rings. The van der Waals surface area contributed by atoms with E-state index in [1.807, 2.05) is 12.1 Å². The summed E-state index contributed by atoms with van der Waals surface area (Å²) >= 11 is 3.34. The molecule has 2 amide bonds. The average molecular weight is 494 g/mol. The number of halogens is 1. The van der Waals surface area contributed by atoms with Crippen LogP contribution in [-0.4, -0.2) is 37.6 Å². The molecule has 1 fully saturated rings. The number of nitrogens with one attached hydrogen (secondary N) is 2. The SMILES string of the molecule is CC(=O)Nc1ccc(NC(=O)C2CCN(S(=O)(=O)Cc3ccc(Br)cc3)CC2)cc1. The van der Waals surface area contributed by atoms with Crippen molar-refractivity contribution < 1.29 is 18.0 Å². The van der Waals surface area contributed by atoms with Gasteiger partial charge in [0.1, 0.15) is 0 Å². The molecule has 0 bridgehead atoms. The first-order chi connectivity index (χ1) is 14.2. The number of anilines is 2. The molecule has 0 aromatic heterocycles. The molecule has 30 heavy (non-hydrogen) atoms. The van der Waals surface area contributed by atoms with Gasteiger partial charge in [-0.25, -0.2) is 12.7 Å². The van der Waals surface area contributed by atoms with Gasteiger partial charge in [-0.05, 0) is 54.8 Å². The van der Waals surface area contributed by atoms with Crippen LogP contribution in [0.15, 0.2) is 53.0 Å². The molecule has 7 nitrogen and oxygen atoms in total. The monoisotopic (exact) mass is 493 g/mol. The molecule has 0 atom stereocenters. The van der Waals surface area contributed by atoms with Gasteiger partial charge < -0.3 is 10.6 Å². The maximum absolute atomic E-state index is 12.7. The minimum atomic E-state index is -3.42. The number of nitrogens with zero attached hydrogens (tertiary/aromatic N) is 1. The van der Waals surface area contributed by atoms with Crippen LogP contribution in [0, 0.1) is 5.92 Å². The zero-order valence-corrected chi connectivity index (χ0v) is 19.0. The van der Waals surface area contributed by atoms with Gasteiger partial charge in [0, 0.05) is 41.8 Å². The van der Waals surface area contributed by atoms with Crippen LogP contribution < -0.4 is 10.6 Å². The summed E-state index contributed by atoms with van der Waals surface area (Å²) in [6, 6.07) is 14.1. The molecule has 1 saturated heterocycles. The number of hydrogen-bond donors (Lipinski definition) is 2. The van der Waals surface area contributed by atoms with Crippen LogP contribution in [0.5, 0.6) is 0 Å². The van der Waals surface area contributed by atoms with E-state index in [1.165, 1.54) is 11.2 Å². The van der Waals surface area contributed by atoms with Crippen LogP contribution in [0.1, 0.15) is 25.3 Å². The van der Waals surface area contributed by atoms with Crippen molar-refractivity contribution in [3.63, 3.8) is 0 Å². The molecular weight excluding hydrogens is 470 g/mol. The maximum atomic E-state index is 12.7. The third kappa shape index (κ3) is 6.13. The second-order valence-electron chi connectivity index (χ2n) is 7.30. The van der Waals surface area contributed by atoms with Crippen LogP contribution >= 0.6 is 15.9 Å². The smallest absolute Gasteiger partial charge is 0.227 e. The van der Waals surface area contributed by atoms with E-state index in [0.29, 0.717) is 37.3 Å². The van der Waals surface area contributed by atoms with Gasteiger partial charge in [0.25, 0.3) is 0 Å². The van der Waals surface area contributed by atoms with Gasteiger partial charge in [-0.15, -0.1) is 0 Å². The molecule has 1 aliphatic heterocycles. The van der Waals surface area contributed by atoms with E-state index in [0.717, 1.165) is 10.0 Å². The van der Waals surface area contributed by atoms with Gasteiger partial charge in [0.05, 0.1) is 5.75 Å². The first-order valence-corrected chi connectivity index (χ1v) is 12.0. The van der Waals surface area contributed by atoms with Crippen molar-refractivity contribution in [2.24, 2.45) is 5.92 Å². The first-order valence-electron chi connectivity index (χ1n) is 9.64. The second-order valence-corrected chi connectivity index (χ2v) is 10.2. The fraction of sp³-hybridized carbons (Fsp3) is 0.333. The third-order valence-electron chi connectivity index (χ3n) is 4.95. The lowest BCUT2D eigenvalue weighted by Gasteiger charge is -2.30. The lowest BCUT2D eigenvalue weighted by molar-refractivity contribution is -0.121. The van der Waals surface area contributed by atoms with E-state index in [9.17, 15) is 18.0 Å². The molecule has 9 heteroatoms. The zero-order chi connectivity index (χ0) is 21.7. The largest absolute Gasteiger partial charge is 0.326 e. The summed E-state index contributed by atoms with van der Waals surface area (Å²) in [6.07, 6.45) is 0.963. The number of amides is 2. The Labute approximate surface area is 185 Å². The number of hydrogen-bond acceptors (Lipinski definition) is 4. The number of sulfonamides is 1. The van der Waals surface area contributed by atoms with Crippen LogP contribution in [0.2, 0.25) is 0 Å². The van der Waals surface area contributed by atoms with Crippen molar-refractivity contribution in [1.82, 2.24) is 4.31 Å². The van der Waals surface area contributed by atoms with Crippen molar-refractivity contribution in [2.75, 3.05) is 23.7 Å². The zero-order valence-electron chi connectivity index (χ0n) is 16.6. The minimum absolute atomic E-state index is 0.0439. The minimum Gasteiger partial charge on any atom is -0.326 e. The van der Waals surface area contributed by atoms with Crippen molar-refractivity contribution in [2.45, 2.75) is 25.5 Å². The summed E-state index contributed by atoms with van der Waals surface area (Å²) in [5, 5.41) is 5.54. The summed E-state index contributed by atoms with van der Waals surface area (Å²) < 4.78 is 27.8. The molecule has 0 aliphatic carbocycles. The second kappa shape index (κ2) is 9.72. The van der Waals surface area contributed by atoms with Crippen molar-refractivity contribution in [3.05, 3.63) is 58.6 Å². The van der Waals surface area contributed by atoms with Crippen molar-refractivity contribution >= 4 is 49.1 Å². The highest BCUT2D eigenvalue weighted by atomic mass is 79.9. The predicted octanol–water partition coefficient (Wildman–Crippen LogP) is 3.59. The van der Waals surface area contributed by atoms with E-state index < -0.39 is 10.0 Å².